The molecule has 0 fully saturated rings. The van der Waals surface area contributed by atoms with E-state index in [-0.39, 0.29) is 11.5 Å². The maximum absolute atomic E-state index is 13.0. The van der Waals surface area contributed by atoms with Gasteiger partial charge < -0.3 is 9.84 Å². The van der Waals surface area contributed by atoms with Crippen molar-refractivity contribution < 1.29 is 14.6 Å². The molecule has 0 aliphatic carbocycles. The molecular formula is C23H29NO3S. The molecule has 4 nitrogen and oxygen atoms in total. The van der Waals surface area contributed by atoms with Gasteiger partial charge in [-0.05, 0) is 55.9 Å². The second-order valence-corrected chi connectivity index (χ2v) is 8.31. The normalized spacial score (nSPS) is 14.7. The van der Waals surface area contributed by atoms with Gasteiger partial charge in [-0.25, -0.2) is 0 Å². The summed E-state index contributed by atoms with van der Waals surface area (Å²) in [5, 5.41) is 12.6. The van der Waals surface area contributed by atoms with Crippen molar-refractivity contribution in [1.82, 2.24) is 4.90 Å². The topological polar surface area (TPSA) is 49.8 Å². The van der Waals surface area contributed by atoms with Gasteiger partial charge in [0.25, 0.3) is 0 Å². The molecule has 1 aromatic carbocycles. The summed E-state index contributed by atoms with van der Waals surface area (Å²) in [6.45, 7) is 8.76. The fourth-order valence-corrected chi connectivity index (χ4v) is 4.14. The molecule has 2 aromatic rings. The van der Waals surface area contributed by atoms with E-state index in [9.17, 15) is 9.90 Å². The summed E-state index contributed by atoms with van der Waals surface area (Å²) in [6.07, 6.45) is 6.27. The number of fused-ring (bicyclic) bond motifs is 1. The number of allylic oxidation sites excluding steroid dienone is 1. The Morgan fingerprint density at radius 1 is 1.21 bits per heavy atom. The first-order valence-corrected chi connectivity index (χ1v) is 11.0. The average molecular weight is 400 g/mol. The first-order chi connectivity index (χ1) is 13.5. The van der Waals surface area contributed by atoms with Crippen molar-refractivity contribution >= 4 is 23.2 Å². The molecule has 1 aliphatic heterocycles. The van der Waals surface area contributed by atoms with E-state index in [1.165, 1.54) is 0 Å². The monoisotopic (exact) mass is 399 g/mol. The van der Waals surface area contributed by atoms with Crippen LogP contribution in [0.1, 0.15) is 65.9 Å². The number of Topliss-reactive ketones (excluding diaryl/α,β-unsaturated/α-hetero) is 1. The summed E-state index contributed by atoms with van der Waals surface area (Å²) >= 11 is 1.56. The van der Waals surface area contributed by atoms with Crippen LogP contribution >= 0.6 is 11.3 Å². The number of unbranched alkanes of at least 4 members (excludes halogenated alkanes) is 2. The molecule has 0 radical (unpaired) electrons. The number of ether oxygens (including phenoxy) is 1. The smallest absolute Gasteiger partial charge is 0.232 e. The second-order valence-electron chi connectivity index (χ2n) is 7.33. The maximum Gasteiger partial charge on any atom is 0.232 e. The molecule has 2 heterocycles. The second kappa shape index (κ2) is 9.39. The molecular weight excluding hydrogens is 370 g/mol. The minimum atomic E-state index is -0.101. The van der Waals surface area contributed by atoms with Crippen LogP contribution in [0.5, 0.6) is 11.5 Å². The van der Waals surface area contributed by atoms with Crippen LogP contribution in [0.3, 0.4) is 0 Å². The molecule has 0 saturated heterocycles. The minimum absolute atomic E-state index is 0.101. The van der Waals surface area contributed by atoms with Crippen LogP contribution in [0.25, 0.3) is 6.08 Å². The summed E-state index contributed by atoms with van der Waals surface area (Å²) in [7, 11) is 0. The van der Waals surface area contributed by atoms with Crippen molar-refractivity contribution in [3.8, 4) is 11.5 Å². The number of phenolic OH excluding ortho intramolecular Hbond substituents is 1. The van der Waals surface area contributed by atoms with Gasteiger partial charge >= 0.3 is 0 Å². The molecule has 1 aliphatic rings. The van der Waals surface area contributed by atoms with Crippen molar-refractivity contribution in [3.63, 3.8) is 0 Å². The number of thiophene rings is 1. The van der Waals surface area contributed by atoms with Gasteiger partial charge in [-0.1, -0.05) is 32.8 Å². The third-order valence-electron chi connectivity index (χ3n) is 5.07. The molecule has 0 amide bonds. The maximum atomic E-state index is 13.0. The van der Waals surface area contributed by atoms with E-state index in [1.807, 2.05) is 24.4 Å². The highest BCUT2D eigenvalue weighted by Gasteiger charge is 2.33. The largest absolute Gasteiger partial charge is 0.507 e. The predicted octanol–water partition coefficient (Wildman–Crippen LogP) is 5.78. The Kier molecular flexibility index (Phi) is 6.92. The number of nitrogens with zero attached hydrogens (tertiary/aromatic N) is 1. The standard InChI is InChI=1S/C23H29NO3S/c1-4-6-10-24(11-7-5-2)15-18-19(25)13-16(3)21-22(26)20(27-23(18)21)14-17-9-8-12-28-17/h8-9,12-14,25H,4-7,10-11,15H2,1-3H3/b20-14+. The molecule has 150 valence electrons. The number of hydrogen-bond donors (Lipinski definition) is 1. The fourth-order valence-electron chi connectivity index (χ4n) is 3.49. The van der Waals surface area contributed by atoms with E-state index >= 15 is 0 Å². The molecule has 0 saturated carbocycles. The van der Waals surface area contributed by atoms with E-state index in [2.05, 4.69) is 18.7 Å². The molecule has 28 heavy (non-hydrogen) atoms. The van der Waals surface area contributed by atoms with Gasteiger partial charge in [0.1, 0.15) is 11.5 Å². The first-order valence-electron chi connectivity index (χ1n) is 10.1. The lowest BCUT2D eigenvalue weighted by Crippen LogP contribution is -2.26. The minimum Gasteiger partial charge on any atom is -0.507 e. The van der Waals surface area contributed by atoms with Crippen LogP contribution in [0.4, 0.5) is 0 Å². The zero-order chi connectivity index (χ0) is 20.1. The first kappa shape index (κ1) is 20.6. The van der Waals surface area contributed by atoms with Crippen molar-refractivity contribution in [2.24, 2.45) is 0 Å². The zero-order valence-corrected chi connectivity index (χ0v) is 17.8. The van der Waals surface area contributed by atoms with Gasteiger partial charge in [0, 0.05) is 17.5 Å². The molecule has 0 bridgehead atoms. The quantitative estimate of drug-likeness (QED) is 0.543. The number of phenols is 1. The van der Waals surface area contributed by atoms with Gasteiger partial charge in [0.2, 0.25) is 5.78 Å². The van der Waals surface area contributed by atoms with Gasteiger partial charge in [-0.15, -0.1) is 11.3 Å². The van der Waals surface area contributed by atoms with Crippen molar-refractivity contribution in [3.05, 3.63) is 50.9 Å². The van der Waals surface area contributed by atoms with Gasteiger partial charge in [0.05, 0.1) is 11.1 Å². The Balaban J connectivity index is 1.93. The number of hydrogen-bond acceptors (Lipinski definition) is 5. The number of ketones is 1. The summed E-state index contributed by atoms with van der Waals surface area (Å²) < 4.78 is 6.03. The van der Waals surface area contributed by atoms with Gasteiger partial charge in [-0.3, -0.25) is 9.69 Å². The van der Waals surface area contributed by atoms with Crippen LogP contribution in [0, 0.1) is 6.92 Å². The summed E-state index contributed by atoms with van der Waals surface area (Å²) in [6, 6.07) is 5.60. The number of carbonyl (C=O) groups excluding carboxylic acids is 1. The number of aryl methyl sites for hydroxylation is 1. The lowest BCUT2D eigenvalue weighted by Gasteiger charge is -2.23. The average Bonchev–Trinajstić information content (AvgIpc) is 3.29. The lowest BCUT2D eigenvalue weighted by molar-refractivity contribution is 0.101. The molecule has 5 heteroatoms. The number of rotatable bonds is 9. The van der Waals surface area contributed by atoms with Crippen LogP contribution in [0.15, 0.2) is 29.3 Å². The van der Waals surface area contributed by atoms with Gasteiger partial charge in [0.15, 0.2) is 5.76 Å². The highest BCUT2D eigenvalue weighted by Crippen LogP contribution is 2.42. The SMILES string of the molecule is CCCCN(CCCC)Cc1c(O)cc(C)c2c1O/C(=C/c1cccs1)C2=O. The third-order valence-corrected chi connectivity index (χ3v) is 5.89. The Labute approximate surface area is 171 Å². The highest BCUT2D eigenvalue weighted by atomic mass is 32.1. The number of carbonyl (C=O) groups is 1. The highest BCUT2D eigenvalue weighted by molar-refractivity contribution is 7.10. The predicted molar refractivity (Wildman–Crippen MR) is 115 cm³/mol. The lowest BCUT2D eigenvalue weighted by atomic mass is 9.99. The van der Waals surface area contributed by atoms with Crippen molar-refractivity contribution in [2.75, 3.05) is 13.1 Å². The van der Waals surface area contributed by atoms with Crippen molar-refractivity contribution in [1.29, 1.82) is 0 Å². The van der Waals surface area contributed by atoms with Crippen LogP contribution in [-0.4, -0.2) is 28.9 Å². The Morgan fingerprint density at radius 3 is 2.54 bits per heavy atom. The van der Waals surface area contributed by atoms with E-state index in [0.717, 1.165) is 54.8 Å². The third kappa shape index (κ3) is 4.47. The number of aromatic hydroxyl groups is 1. The molecule has 3 rings (SSSR count). The van der Waals surface area contributed by atoms with Gasteiger partial charge in [-0.2, -0.15) is 0 Å². The van der Waals surface area contributed by atoms with E-state index < -0.39 is 0 Å². The number of benzene rings is 1. The van der Waals surface area contributed by atoms with E-state index in [4.69, 9.17) is 4.74 Å². The van der Waals surface area contributed by atoms with Crippen LogP contribution in [-0.2, 0) is 6.54 Å². The summed E-state index contributed by atoms with van der Waals surface area (Å²) in [5.74, 6) is 0.972. The Hall–Kier alpha value is -2.11. The summed E-state index contributed by atoms with van der Waals surface area (Å²) in [4.78, 5) is 16.3. The van der Waals surface area contributed by atoms with Crippen LogP contribution in [0.2, 0.25) is 0 Å². The van der Waals surface area contributed by atoms with E-state index in [0.29, 0.717) is 23.6 Å². The fraction of sp³-hybridized carbons (Fsp3) is 0.435. The summed E-state index contributed by atoms with van der Waals surface area (Å²) in [5.41, 5.74) is 2.06. The van der Waals surface area contributed by atoms with Crippen LogP contribution < -0.4 is 4.74 Å². The zero-order valence-electron chi connectivity index (χ0n) is 17.0. The van der Waals surface area contributed by atoms with E-state index in [1.54, 1.807) is 23.5 Å². The molecule has 0 spiro atoms. The molecule has 1 aromatic heterocycles. The Bertz CT molecular complexity index is 847. The molecule has 1 N–H and O–H groups in total. The molecule has 0 atom stereocenters. The molecule has 0 unspecified atom stereocenters. The van der Waals surface area contributed by atoms with Crippen molar-refractivity contribution in [2.45, 2.75) is 53.0 Å². The Morgan fingerprint density at radius 2 is 1.93 bits per heavy atom.